The van der Waals surface area contributed by atoms with E-state index in [2.05, 4.69) is 15.3 Å². The standard InChI is InChI=1S/C13H15ClN4S/c14-8-1-4-11-10(7-8)18-12(19-11)5-6-16-13(15)17-9-2-3-9/h1,4,7,9H,2-3,5-6H2,(H3,15,16,17). The number of nitrogens with two attached hydrogens (primary N) is 1. The van der Waals surface area contributed by atoms with Gasteiger partial charge in [0.15, 0.2) is 5.96 Å². The molecule has 0 atom stereocenters. The number of rotatable bonds is 4. The van der Waals surface area contributed by atoms with Crippen molar-refractivity contribution in [3.63, 3.8) is 0 Å². The van der Waals surface area contributed by atoms with Crippen LogP contribution in [0.1, 0.15) is 17.8 Å². The summed E-state index contributed by atoms with van der Waals surface area (Å²) in [6, 6.07) is 6.34. The Bertz CT molecular complexity index is 618. The van der Waals surface area contributed by atoms with Crippen molar-refractivity contribution < 1.29 is 0 Å². The molecule has 100 valence electrons. The van der Waals surface area contributed by atoms with Crippen LogP contribution in [0.3, 0.4) is 0 Å². The zero-order chi connectivity index (χ0) is 13.2. The van der Waals surface area contributed by atoms with Crippen molar-refractivity contribution in [1.82, 2.24) is 10.3 Å². The van der Waals surface area contributed by atoms with Crippen LogP contribution in [-0.4, -0.2) is 23.5 Å². The lowest BCUT2D eigenvalue weighted by Gasteiger charge is -2.01. The van der Waals surface area contributed by atoms with Crippen molar-refractivity contribution in [2.45, 2.75) is 25.3 Å². The van der Waals surface area contributed by atoms with Gasteiger partial charge >= 0.3 is 0 Å². The molecule has 0 amide bonds. The molecule has 4 nitrogen and oxygen atoms in total. The molecule has 1 aromatic carbocycles. The third-order valence-electron chi connectivity index (χ3n) is 2.93. The van der Waals surface area contributed by atoms with Gasteiger partial charge in [-0.1, -0.05) is 11.6 Å². The minimum absolute atomic E-state index is 0.548. The minimum atomic E-state index is 0.548. The van der Waals surface area contributed by atoms with Gasteiger partial charge in [-0.2, -0.15) is 0 Å². The van der Waals surface area contributed by atoms with Gasteiger partial charge in [-0.3, -0.25) is 4.99 Å². The highest BCUT2D eigenvalue weighted by molar-refractivity contribution is 7.18. The predicted octanol–water partition coefficient (Wildman–Crippen LogP) is 2.56. The van der Waals surface area contributed by atoms with E-state index < -0.39 is 0 Å². The molecule has 2 aromatic rings. The average molecular weight is 295 g/mol. The molecule has 0 spiro atoms. The van der Waals surface area contributed by atoms with E-state index >= 15 is 0 Å². The number of nitrogens with zero attached hydrogens (tertiary/aromatic N) is 2. The topological polar surface area (TPSA) is 63.3 Å². The maximum Gasteiger partial charge on any atom is 0.188 e. The number of benzene rings is 1. The van der Waals surface area contributed by atoms with Crippen molar-refractivity contribution in [3.8, 4) is 0 Å². The van der Waals surface area contributed by atoms with E-state index in [0.717, 1.165) is 26.7 Å². The van der Waals surface area contributed by atoms with Crippen LogP contribution in [0, 0.1) is 0 Å². The highest BCUT2D eigenvalue weighted by atomic mass is 35.5. The molecule has 3 N–H and O–H groups in total. The van der Waals surface area contributed by atoms with E-state index in [1.165, 1.54) is 12.8 Å². The Labute approximate surface area is 120 Å². The smallest absolute Gasteiger partial charge is 0.188 e. The van der Waals surface area contributed by atoms with Crippen molar-refractivity contribution >= 4 is 39.1 Å². The molecule has 0 unspecified atom stereocenters. The number of thiazole rings is 1. The second kappa shape index (κ2) is 5.35. The van der Waals surface area contributed by atoms with Crippen molar-refractivity contribution in [2.75, 3.05) is 6.54 Å². The lowest BCUT2D eigenvalue weighted by molar-refractivity contribution is 0.868. The molecule has 0 radical (unpaired) electrons. The zero-order valence-electron chi connectivity index (χ0n) is 10.4. The number of hydrogen-bond acceptors (Lipinski definition) is 3. The minimum Gasteiger partial charge on any atom is -0.370 e. The van der Waals surface area contributed by atoms with Crippen LogP contribution >= 0.6 is 22.9 Å². The summed E-state index contributed by atoms with van der Waals surface area (Å²) < 4.78 is 1.16. The molecule has 1 aliphatic rings. The van der Waals surface area contributed by atoms with E-state index in [4.69, 9.17) is 17.3 Å². The Morgan fingerprint density at radius 1 is 1.53 bits per heavy atom. The second-order valence-corrected chi connectivity index (χ2v) is 6.21. The summed E-state index contributed by atoms with van der Waals surface area (Å²) >= 11 is 7.63. The van der Waals surface area contributed by atoms with Gasteiger partial charge < -0.3 is 11.1 Å². The molecular formula is C13H15ClN4S. The molecule has 0 saturated heterocycles. The fraction of sp³-hybridized carbons (Fsp3) is 0.385. The number of aliphatic imine (C=N–C) groups is 1. The summed E-state index contributed by atoms with van der Waals surface area (Å²) in [6.07, 6.45) is 3.22. The summed E-state index contributed by atoms with van der Waals surface area (Å²) in [5, 5.41) is 4.96. The first kappa shape index (κ1) is 12.7. The number of fused-ring (bicyclic) bond motifs is 1. The third kappa shape index (κ3) is 3.36. The Hall–Kier alpha value is -1.33. The van der Waals surface area contributed by atoms with Crippen molar-refractivity contribution in [2.24, 2.45) is 10.7 Å². The number of halogens is 1. The first-order valence-corrected chi connectivity index (χ1v) is 7.51. The number of aromatic nitrogens is 1. The summed E-state index contributed by atoms with van der Waals surface area (Å²) in [7, 11) is 0. The first-order valence-electron chi connectivity index (χ1n) is 6.32. The van der Waals surface area contributed by atoms with Crippen molar-refractivity contribution in [3.05, 3.63) is 28.2 Å². The fourth-order valence-electron chi connectivity index (χ4n) is 1.81. The molecule has 1 aliphatic carbocycles. The van der Waals surface area contributed by atoms with Crippen LogP contribution in [0.25, 0.3) is 10.2 Å². The highest BCUT2D eigenvalue weighted by Gasteiger charge is 2.21. The number of guanidine groups is 1. The van der Waals surface area contributed by atoms with Gasteiger partial charge in [0.25, 0.3) is 0 Å². The molecule has 1 aromatic heterocycles. The molecule has 0 bridgehead atoms. The quantitative estimate of drug-likeness (QED) is 0.673. The third-order valence-corrected chi connectivity index (χ3v) is 4.26. The summed E-state index contributed by atoms with van der Waals surface area (Å²) in [4.78, 5) is 8.86. The fourth-order valence-corrected chi connectivity index (χ4v) is 2.91. The molecule has 3 rings (SSSR count). The van der Waals surface area contributed by atoms with Gasteiger partial charge in [-0.05, 0) is 31.0 Å². The maximum absolute atomic E-state index is 5.95. The van der Waals surface area contributed by atoms with E-state index in [1.807, 2.05) is 18.2 Å². The van der Waals surface area contributed by atoms with Crippen LogP contribution in [0.2, 0.25) is 5.02 Å². The molecule has 6 heteroatoms. The van der Waals surface area contributed by atoms with Gasteiger partial charge in [0.05, 0.1) is 15.2 Å². The highest BCUT2D eigenvalue weighted by Crippen LogP contribution is 2.25. The van der Waals surface area contributed by atoms with Crippen LogP contribution in [0.5, 0.6) is 0 Å². The van der Waals surface area contributed by atoms with Crippen molar-refractivity contribution in [1.29, 1.82) is 0 Å². The van der Waals surface area contributed by atoms with E-state index in [1.54, 1.807) is 11.3 Å². The Morgan fingerprint density at radius 2 is 2.37 bits per heavy atom. The van der Waals surface area contributed by atoms with Crippen LogP contribution < -0.4 is 11.1 Å². The lowest BCUT2D eigenvalue weighted by atomic mass is 10.3. The Kier molecular flexibility index (Phi) is 3.57. The molecular weight excluding hydrogens is 280 g/mol. The Morgan fingerprint density at radius 3 is 3.16 bits per heavy atom. The second-order valence-electron chi connectivity index (χ2n) is 4.66. The summed E-state index contributed by atoms with van der Waals surface area (Å²) in [5.74, 6) is 0.548. The predicted molar refractivity (Wildman–Crippen MR) is 81.0 cm³/mol. The van der Waals surface area contributed by atoms with Gasteiger partial charge in [0, 0.05) is 24.0 Å². The Balaban J connectivity index is 1.61. The molecule has 19 heavy (non-hydrogen) atoms. The van der Waals surface area contributed by atoms with E-state index in [9.17, 15) is 0 Å². The van der Waals surface area contributed by atoms with Gasteiger partial charge in [-0.15, -0.1) is 11.3 Å². The largest absolute Gasteiger partial charge is 0.370 e. The monoisotopic (exact) mass is 294 g/mol. The number of hydrogen-bond donors (Lipinski definition) is 2. The molecule has 1 saturated carbocycles. The lowest BCUT2D eigenvalue weighted by Crippen LogP contribution is -2.33. The van der Waals surface area contributed by atoms with Gasteiger partial charge in [0.2, 0.25) is 0 Å². The maximum atomic E-state index is 5.95. The van der Waals surface area contributed by atoms with Crippen LogP contribution in [-0.2, 0) is 6.42 Å². The summed E-state index contributed by atoms with van der Waals surface area (Å²) in [6.45, 7) is 0.666. The normalized spacial score (nSPS) is 15.9. The number of nitrogens with one attached hydrogen (secondary N) is 1. The SMILES string of the molecule is NC(=NCCc1nc2cc(Cl)ccc2s1)NC1CC1. The van der Waals surface area contributed by atoms with E-state index in [-0.39, 0.29) is 0 Å². The van der Waals surface area contributed by atoms with E-state index in [0.29, 0.717) is 18.5 Å². The average Bonchev–Trinajstić information content (AvgIpc) is 3.07. The van der Waals surface area contributed by atoms with Crippen LogP contribution in [0.4, 0.5) is 0 Å². The molecule has 1 heterocycles. The molecule has 0 aliphatic heterocycles. The van der Waals surface area contributed by atoms with Crippen LogP contribution in [0.15, 0.2) is 23.2 Å². The van der Waals surface area contributed by atoms with Gasteiger partial charge in [-0.25, -0.2) is 4.98 Å². The molecule has 1 fully saturated rings. The zero-order valence-corrected chi connectivity index (χ0v) is 12.0. The first-order chi connectivity index (χ1) is 9.20. The van der Waals surface area contributed by atoms with Gasteiger partial charge in [0.1, 0.15) is 0 Å². The summed E-state index contributed by atoms with van der Waals surface area (Å²) in [5.41, 5.74) is 6.74.